The van der Waals surface area contributed by atoms with Gasteiger partial charge in [0.25, 0.3) is 0 Å². The highest BCUT2D eigenvalue weighted by molar-refractivity contribution is 5.70. The van der Waals surface area contributed by atoms with E-state index in [9.17, 15) is 19.5 Å². The van der Waals surface area contributed by atoms with Crippen LogP contribution in [0.1, 0.15) is 136 Å². The maximum atomic E-state index is 12.6. The van der Waals surface area contributed by atoms with Crippen molar-refractivity contribution in [2.45, 2.75) is 148 Å². The second-order valence-electron chi connectivity index (χ2n) is 13.1. The van der Waals surface area contributed by atoms with Crippen LogP contribution in [-0.4, -0.2) is 75.5 Å². The van der Waals surface area contributed by atoms with Gasteiger partial charge in [0.2, 0.25) is 0 Å². The Kier molecular flexibility index (Phi) is 28.3. The molecule has 0 fully saturated rings. The minimum absolute atomic E-state index is 0.0351. The molecule has 0 bridgehead atoms. The number of hydrogen-bond acceptors (Lipinski definition) is 7. The van der Waals surface area contributed by atoms with Crippen molar-refractivity contribution in [3.63, 3.8) is 0 Å². The molecule has 2 unspecified atom stereocenters. The number of quaternary nitrogens is 1. The molecule has 0 saturated heterocycles. The first-order chi connectivity index (χ1) is 22.1. The summed E-state index contributed by atoms with van der Waals surface area (Å²) in [6.07, 6.45) is 30.3. The van der Waals surface area contributed by atoms with Crippen LogP contribution in [0.5, 0.6) is 0 Å². The van der Waals surface area contributed by atoms with Gasteiger partial charge in [-0.2, -0.15) is 0 Å². The van der Waals surface area contributed by atoms with E-state index in [2.05, 4.69) is 38.2 Å². The summed E-state index contributed by atoms with van der Waals surface area (Å²) in [4.78, 5) is 36.5. The predicted octanol–water partition coefficient (Wildman–Crippen LogP) is 7.40. The summed E-state index contributed by atoms with van der Waals surface area (Å²) in [6, 6.07) is -0.725. The molecule has 0 aliphatic carbocycles. The van der Waals surface area contributed by atoms with E-state index < -0.39 is 18.1 Å². The number of carboxylic acid groups (broad SMARTS) is 1. The lowest BCUT2D eigenvalue weighted by molar-refractivity contribution is -0.889. The molecule has 0 aromatic rings. The second-order valence-corrected chi connectivity index (χ2v) is 13.1. The predicted molar refractivity (Wildman–Crippen MR) is 185 cm³/mol. The van der Waals surface area contributed by atoms with Crippen molar-refractivity contribution in [3.8, 4) is 0 Å². The van der Waals surface area contributed by atoms with Crippen molar-refractivity contribution >= 4 is 17.9 Å². The number of allylic oxidation sites excluding steroid dienone is 6. The molecule has 0 amide bonds. The van der Waals surface area contributed by atoms with Crippen LogP contribution in [0.3, 0.4) is 0 Å². The Morgan fingerprint density at radius 2 is 1.22 bits per heavy atom. The van der Waals surface area contributed by atoms with Gasteiger partial charge < -0.3 is 28.6 Å². The van der Waals surface area contributed by atoms with Crippen LogP contribution in [-0.2, 0) is 28.6 Å². The Labute approximate surface area is 281 Å². The molecule has 266 valence electrons. The highest BCUT2D eigenvalue weighted by atomic mass is 16.6. The normalized spacial score (nSPS) is 13.5. The fourth-order valence-corrected chi connectivity index (χ4v) is 5.01. The summed E-state index contributed by atoms with van der Waals surface area (Å²) in [5.41, 5.74) is 0. The van der Waals surface area contributed by atoms with Gasteiger partial charge in [0.15, 0.2) is 6.10 Å². The lowest BCUT2D eigenvalue weighted by Gasteiger charge is -2.34. The molecule has 0 heterocycles. The lowest BCUT2D eigenvalue weighted by atomic mass is 10.1. The third-order valence-corrected chi connectivity index (χ3v) is 7.85. The van der Waals surface area contributed by atoms with Crippen molar-refractivity contribution < 1.29 is 38.2 Å². The number of aliphatic carboxylic acids is 1. The number of carbonyl (C=O) groups excluding carboxylic acids is 3. The van der Waals surface area contributed by atoms with E-state index >= 15 is 0 Å². The molecule has 0 aliphatic heterocycles. The largest absolute Gasteiger partial charge is 0.544 e. The Balaban J connectivity index is 4.47. The smallest absolute Gasteiger partial charge is 0.306 e. The molecule has 0 spiro atoms. The quantitative estimate of drug-likeness (QED) is 0.0334. The van der Waals surface area contributed by atoms with Crippen LogP contribution < -0.4 is 5.11 Å². The summed E-state index contributed by atoms with van der Waals surface area (Å²) in [6.45, 7) is 4.46. The molecular formula is C38H67NO7. The Hall–Kier alpha value is -2.45. The second kappa shape index (κ2) is 29.9. The highest BCUT2D eigenvalue weighted by Gasteiger charge is 2.25. The summed E-state index contributed by atoms with van der Waals surface area (Å²) >= 11 is 0. The fraction of sp³-hybridized carbons (Fsp3) is 0.763. The molecule has 0 aromatic heterocycles. The molecule has 2 atom stereocenters. The maximum Gasteiger partial charge on any atom is 0.306 e. The van der Waals surface area contributed by atoms with Crippen molar-refractivity contribution in [3.05, 3.63) is 36.5 Å². The molecule has 0 saturated carbocycles. The number of nitrogens with zero attached hydrogens (tertiary/aromatic N) is 1. The number of hydrogen-bond donors (Lipinski definition) is 0. The van der Waals surface area contributed by atoms with E-state index in [4.69, 9.17) is 14.2 Å². The SMILES string of the molecule is CC/C=C/C=C/C=C/CCCCCCCC(=O)OCC(COCCC(C(=O)[O-])[N+](C)(C)C)OC(=O)CCCCCCCCCCC. The van der Waals surface area contributed by atoms with Crippen molar-refractivity contribution in [1.29, 1.82) is 0 Å². The zero-order chi connectivity index (χ0) is 34.3. The molecule has 8 heteroatoms. The van der Waals surface area contributed by atoms with Crippen LogP contribution in [0.2, 0.25) is 0 Å². The molecular weight excluding hydrogens is 582 g/mol. The van der Waals surface area contributed by atoms with Crippen LogP contribution >= 0.6 is 0 Å². The number of rotatable bonds is 31. The van der Waals surface area contributed by atoms with Crippen LogP contribution in [0.15, 0.2) is 36.5 Å². The van der Waals surface area contributed by atoms with E-state index in [0.29, 0.717) is 12.8 Å². The topological polar surface area (TPSA) is 102 Å². The van der Waals surface area contributed by atoms with Gasteiger partial charge in [0.1, 0.15) is 12.6 Å². The Morgan fingerprint density at radius 3 is 1.78 bits per heavy atom. The first-order valence-corrected chi connectivity index (χ1v) is 18.0. The van der Waals surface area contributed by atoms with E-state index in [1.807, 2.05) is 12.2 Å². The van der Waals surface area contributed by atoms with Crippen LogP contribution in [0.4, 0.5) is 0 Å². The average Bonchev–Trinajstić information content (AvgIpc) is 3.00. The van der Waals surface area contributed by atoms with Gasteiger partial charge in [-0.3, -0.25) is 9.59 Å². The third-order valence-electron chi connectivity index (χ3n) is 7.85. The van der Waals surface area contributed by atoms with E-state index in [1.165, 1.54) is 38.5 Å². The number of esters is 2. The van der Waals surface area contributed by atoms with E-state index in [1.54, 1.807) is 21.1 Å². The average molecular weight is 650 g/mol. The van der Waals surface area contributed by atoms with E-state index in [-0.39, 0.29) is 42.7 Å². The van der Waals surface area contributed by atoms with Crippen molar-refractivity contribution in [1.82, 2.24) is 0 Å². The van der Waals surface area contributed by atoms with Gasteiger partial charge in [-0.05, 0) is 32.1 Å². The summed E-state index contributed by atoms with van der Waals surface area (Å²) in [7, 11) is 5.38. The molecule has 0 N–H and O–H groups in total. The third kappa shape index (κ3) is 27.8. The standard InChI is InChI=1S/C38H67NO7/c1-6-8-10-12-14-16-17-18-19-21-22-24-26-28-36(40)45-33-34(32-44-31-30-35(38(42)43)39(3,4)5)46-37(41)29-27-25-23-20-15-13-11-9-7-2/h8,10,12,14,16-17,34-35H,6-7,9,11,13,15,18-33H2,1-5H3/b10-8+,14-12+,17-16+. The van der Waals surface area contributed by atoms with Gasteiger partial charge in [0.05, 0.1) is 40.3 Å². The molecule has 46 heavy (non-hydrogen) atoms. The Bertz CT molecular complexity index is 860. The summed E-state index contributed by atoms with van der Waals surface area (Å²) in [5.74, 6) is -1.77. The molecule has 0 rings (SSSR count). The van der Waals surface area contributed by atoms with Crippen LogP contribution in [0, 0.1) is 0 Å². The Morgan fingerprint density at radius 1 is 0.674 bits per heavy atom. The summed E-state index contributed by atoms with van der Waals surface area (Å²) in [5, 5.41) is 11.5. The van der Waals surface area contributed by atoms with Gasteiger partial charge in [-0.25, -0.2) is 0 Å². The lowest BCUT2D eigenvalue weighted by Crippen LogP contribution is -2.55. The number of carbonyl (C=O) groups is 3. The van der Waals surface area contributed by atoms with Gasteiger partial charge >= 0.3 is 11.9 Å². The molecule has 0 aromatic carbocycles. The van der Waals surface area contributed by atoms with Gasteiger partial charge in [-0.15, -0.1) is 0 Å². The maximum absolute atomic E-state index is 12.6. The number of unbranched alkanes of at least 4 members (excludes halogenated alkanes) is 13. The summed E-state index contributed by atoms with van der Waals surface area (Å²) < 4.78 is 17.0. The molecule has 0 aliphatic rings. The molecule has 0 radical (unpaired) electrons. The fourth-order valence-electron chi connectivity index (χ4n) is 5.01. The first-order valence-electron chi connectivity index (χ1n) is 18.0. The minimum Gasteiger partial charge on any atom is -0.544 e. The number of likely N-dealkylation sites (N-methyl/N-ethyl adjacent to an activating group) is 1. The zero-order valence-electron chi connectivity index (χ0n) is 30.0. The van der Waals surface area contributed by atoms with Crippen molar-refractivity contribution in [2.75, 3.05) is 41.0 Å². The highest BCUT2D eigenvalue weighted by Crippen LogP contribution is 2.13. The number of carboxylic acids is 1. The monoisotopic (exact) mass is 649 g/mol. The van der Waals surface area contributed by atoms with E-state index in [0.717, 1.165) is 64.2 Å². The van der Waals surface area contributed by atoms with Crippen LogP contribution in [0.25, 0.3) is 0 Å². The number of ether oxygens (including phenoxy) is 3. The minimum atomic E-state index is -1.13. The van der Waals surface area contributed by atoms with Crippen molar-refractivity contribution in [2.24, 2.45) is 0 Å². The molecule has 8 nitrogen and oxygen atoms in total. The first kappa shape index (κ1) is 43.5. The van der Waals surface area contributed by atoms with Gasteiger partial charge in [0, 0.05) is 19.3 Å². The van der Waals surface area contributed by atoms with Gasteiger partial charge in [-0.1, -0.05) is 121 Å². The zero-order valence-corrected chi connectivity index (χ0v) is 30.0.